The highest BCUT2D eigenvalue weighted by Crippen LogP contribution is 2.29. The molecule has 0 bridgehead atoms. The van der Waals surface area contributed by atoms with E-state index in [0.717, 1.165) is 16.5 Å². The molecule has 0 spiro atoms. The third-order valence-electron chi connectivity index (χ3n) is 3.71. The summed E-state index contributed by atoms with van der Waals surface area (Å²) in [6.07, 6.45) is 0. The lowest BCUT2D eigenvalue weighted by Crippen LogP contribution is -2.08. The number of ether oxygens (including phenoxy) is 1. The van der Waals surface area contributed by atoms with E-state index in [-0.39, 0.29) is 12.5 Å². The second-order valence-corrected chi connectivity index (χ2v) is 5.86. The van der Waals surface area contributed by atoms with Crippen molar-refractivity contribution < 1.29 is 9.53 Å². The standard InChI is InChI=1S/C19H17ClN2O2/c1-12-14-7-3-4-8-15(14)22-17(19(12)20)11-24-18-10-6-5-9-16(18)21-13(2)23/h3-10H,11H2,1-2H3,(H,21,23). The summed E-state index contributed by atoms with van der Waals surface area (Å²) in [6, 6.07) is 15.1. The highest BCUT2D eigenvalue weighted by Gasteiger charge is 2.12. The molecule has 5 heteroatoms. The van der Waals surface area contributed by atoms with Crippen LogP contribution in [0.25, 0.3) is 10.9 Å². The minimum Gasteiger partial charge on any atom is -0.485 e. The van der Waals surface area contributed by atoms with Crippen molar-refractivity contribution in [1.82, 2.24) is 4.98 Å². The van der Waals surface area contributed by atoms with Crippen LogP contribution in [-0.4, -0.2) is 10.9 Å². The predicted molar refractivity (Wildman–Crippen MR) is 96.6 cm³/mol. The van der Waals surface area contributed by atoms with E-state index in [9.17, 15) is 4.79 Å². The number of amides is 1. The molecule has 0 saturated heterocycles. The van der Waals surface area contributed by atoms with Crippen molar-refractivity contribution >= 4 is 34.1 Å². The van der Waals surface area contributed by atoms with Crippen LogP contribution in [0.1, 0.15) is 18.2 Å². The third kappa shape index (κ3) is 3.34. The molecule has 0 unspecified atom stereocenters. The monoisotopic (exact) mass is 340 g/mol. The normalized spacial score (nSPS) is 10.6. The zero-order valence-corrected chi connectivity index (χ0v) is 14.2. The molecule has 0 saturated carbocycles. The fourth-order valence-electron chi connectivity index (χ4n) is 2.54. The Morgan fingerprint density at radius 2 is 1.88 bits per heavy atom. The largest absolute Gasteiger partial charge is 0.485 e. The zero-order valence-electron chi connectivity index (χ0n) is 13.5. The molecule has 1 heterocycles. The van der Waals surface area contributed by atoms with Gasteiger partial charge in [-0.05, 0) is 30.7 Å². The molecule has 2 aromatic carbocycles. The Morgan fingerprint density at radius 1 is 1.17 bits per heavy atom. The first-order valence-corrected chi connectivity index (χ1v) is 7.97. The Morgan fingerprint density at radius 3 is 2.67 bits per heavy atom. The number of carbonyl (C=O) groups is 1. The summed E-state index contributed by atoms with van der Waals surface area (Å²) in [4.78, 5) is 15.9. The van der Waals surface area contributed by atoms with Crippen LogP contribution in [0.2, 0.25) is 5.02 Å². The lowest BCUT2D eigenvalue weighted by Gasteiger charge is -2.13. The highest BCUT2D eigenvalue weighted by molar-refractivity contribution is 6.32. The van der Waals surface area contributed by atoms with Crippen molar-refractivity contribution in [1.29, 1.82) is 0 Å². The number of fused-ring (bicyclic) bond motifs is 1. The van der Waals surface area contributed by atoms with E-state index >= 15 is 0 Å². The second kappa shape index (κ2) is 6.89. The van der Waals surface area contributed by atoms with Crippen LogP contribution in [-0.2, 0) is 11.4 Å². The molecular weight excluding hydrogens is 324 g/mol. The summed E-state index contributed by atoms with van der Waals surface area (Å²) in [5.41, 5.74) is 3.16. The summed E-state index contributed by atoms with van der Waals surface area (Å²) in [5.74, 6) is 0.431. The topological polar surface area (TPSA) is 51.2 Å². The first-order valence-electron chi connectivity index (χ1n) is 7.59. The van der Waals surface area contributed by atoms with Crippen LogP contribution >= 0.6 is 11.6 Å². The van der Waals surface area contributed by atoms with Gasteiger partial charge >= 0.3 is 0 Å². The molecule has 0 radical (unpaired) electrons. The van der Waals surface area contributed by atoms with Crippen molar-refractivity contribution in [3.05, 3.63) is 64.8 Å². The van der Waals surface area contributed by atoms with E-state index in [4.69, 9.17) is 16.3 Å². The van der Waals surface area contributed by atoms with E-state index < -0.39 is 0 Å². The highest BCUT2D eigenvalue weighted by atomic mass is 35.5. The van der Waals surface area contributed by atoms with Gasteiger partial charge in [0.1, 0.15) is 12.4 Å². The van der Waals surface area contributed by atoms with Crippen LogP contribution in [0.3, 0.4) is 0 Å². The maximum absolute atomic E-state index is 11.3. The molecule has 0 atom stereocenters. The number of para-hydroxylation sites is 3. The summed E-state index contributed by atoms with van der Waals surface area (Å²) in [7, 11) is 0. The lowest BCUT2D eigenvalue weighted by atomic mass is 10.1. The van der Waals surface area contributed by atoms with Gasteiger partial charge in [-0.1, -0.05) is 41.9 Å². The van der Waals surface area contributed by atoms with Crippen molar-refractivity contribution in [2.75, 3.05) is 5.32 Å². The van der Waals surface area contributed by atoms with Crippen molar-refractivity contribution in [3.8, 4) is 5.75 Å². The molecule has 1 N–H and O–H groups in total. The molecule has 0 aliphatic carbocycles. The summed E-state index contributed by atoms with van der Waals surface area (Å²) >= 11 is 6.45. The number of carbonyl (C=O) groups excluding carboxylic acids is 1. The molecule has 3 rings (SSSR count). The van der Waals surface area contributed by atoms with Crippen molar-refractivity contribution in [2.45, 2.75) is 20.5 Å². The van der Waals surface area contributed by atoms with Crippen LogP contribution in [0.4, 0.5) is 5.69 Å². The van der Waals surface area contributed by atoms with Crippen LogP contribution < -0.4 is 10.1 Å². The molecule has 0 aliphatic rings. The van der Waals surface area contributed by atoms with Crippen molar-refractivity contribution in [3.63, 3.8) is 0 Å². The number of nitrogens with zero attached hydrogens (tertiary/aromatic N) is 1. The number of hydrogen-bond donors (Lipinski definition) is 1. The molecule has 1 aromatic heterocycles. The Labute approximate surface area is 145 Å². The van der Waals surface area contributed by atoms with Gasteiger partial charge in [0.2, 0.25) is 5.91 Å². The predicted octanol–water partition coefficient (Wildman–Crippen LogP) is 4.73. The summed E-state index contributed by atoms with van der Waals surface area (Å²) in [5, 5.41) is 4.38. The first kappa shape index (κ1) is 16.3. The summed E-state index contributed by atoms with van der Waals surface area (Å²) in [6.45, 7) is 3.66. The first-order chi connectivity index (χ1) is 11.6. The van der Waals surface area contributed by atoms with Gasteiger partial charge in [-0.3, -0.25) is 4.79 Å². The molecule has 0 aliphatic heterocycles. The Kier molecular flexibility index (Phi) is 4.67. The average molecular weight is 341 g/mol. The van der Waals surface area contributed by atoms with Gasteiger partial charge < -0.3 is 10.1 Å². The van der Waals surface area contributed by atoms with Crippen molar-refractivity contribution in [2.24, 2.45) is 0 Å². The van der Waals surface area contributed by atoms with Gasteiger partial charge in [-0.15, -0.1) is 0 Å². The molecule has 0 fully saturated rings. The van der Waals surface area contributed by atoms with Crippen LogP contribution in [0.5, 0.6) is 5.75 Å². The fraction of sp³-hybridized carbons (Fsp3) is 0.158. The average Bonchev–Trinajstić information content (AvgIpc) is 2.57. The molecule has 24 heavy (non-hydrogen) atoms. The van der Waals surface area contributed by atoms with Gasteiger partial charge in [0.05, 0.1) is 21.9 Å². The number of halogens is 1. The fourth-order valence-corrected chi connectivity index (χ4v) is 2.74. The van der Waals surface area contributed by atoms with E-state index in [2.05, 4.69) is 10.3 Å². The minimum atomic E-state index is -0.149. The number of benzene rings is 2. The van der Waals surface area contributed by atoms with Crippen LogP contribution in [0.15, 0.2) is 48.5 Å². The van der Waals surface area contributed by atoms with E-state index in [1.165, 1.54) is 6.92 Å². The number of rotatable bonds is 4. The summed E-state index contributed by atoms with van der Waals surface area (Å²) < 4.78 is 5.85. The molecule has 4 nitrogen and oxygen atoms in total. The Hall–Kier alpha value is -2.59. The number of hydrogen-bond acceptors (Lipinski definition) is 3. The van der Waals surface area contributed by atoms with E-state index in [0.29, 0.717) is 22.2 Å². The van der Waals surface area contributed by atoms with Gasteiger partial charge in [0.15, 0.2) is 0 Å². The third-order valence-corrected chi connectivity index (χ3v) is 4.21. The molecule has 3 aromatic rings. The van der Waals surface area contributed by atoms with E-state index in [1.54, 1.807) is 12.1 Å². The zero-order chi connectivity index (χ0) is 17.1. The quantitative estimate of drug-likeness (QED) is 0.746. The van der Waals surface area contributed by atoms with Gasteiger partial charge in [-0.2, -0.15) is 0 Å². The maximum atomic E-state index is 11.3. The Balaban J connectivity index is 1.89. The van der Waals surface area contributed by atoms with Gasteiger partial charge in [0.25, 0.3) is 0 Å². The smallest absolute Gasteiger partial charge is 0.221 e. The van der Waals surface area contributed by atoms with Gasteiger partial charge in [0, 0.05) is 12.3 Å². The van der Waals surface area contributed by atoms with E-state index in [1.807, 2.05) is 43.3 Å². The molecular formula is C19H17ClN2O2. The van der Waals surface area contributed by atoms with Crippen LogP contribution in [0, 0.1) is 6.92 Å². The number of pyridine rings is 1. The Bertz CT molecular complexity index is 909. The lowest BCUT2D eigenvalue weighted by molar-refractivity contribution is -0.114. The van der Waals surface area contributed by atoms with Gasteiger partial charge in [-0.25, -0.2) is 4.98 Å². The number of nitrogens with one attached hydrogen (secondary N) is 1. The maximum Gasteiger partial charge on any atom is 0.221 e. The SMILES string of the molecule is CC(=O)Nc1ccccc1OCc1nc2ccccc2c(C)c1Cl. The number of aromatic nitrogens is 1. The number of anilines is 1. The molecule has 1 amide bonds. The minimum absolute atomic E-state index is 0.149. The molecule has 122 valence electrons. The number of aryl methyl sites for hydroxylation is 1. The second-order valence-electron chi connectivity index (χ2n) is 5.48.